The van der Waals surface area contributed by atoms with Crippen molar-refractivity contribution in [2.45, 2.75) is 5.38 Å². The van der Waals surface area contributed by atoms with Crippen molar-refractivity contribution in [2.24, 2.45) is 0 Å². The average molecular weight is 218 g/mol. The normalized spacial score (nSPS) is 12.2. The first kappa shape index (κ1) is 10.8. The van der Waals surface area contributed by atoms with E-state index >= 15 is 0 Å². The number of aldehydes is 1. The minimum atomic E-state index is -0.885. The summed E-state index contributed by atoms with van der Waals surface area (Å²) in [6.45, 7) is 0. The Kier molecular flexibility index (Phi) is 3.30. The van der Waals surface area contributed by atoms with Gasteiger partial charge in [0.25, 0.3) is 0 Å². The summed E-state index contributed by atoms with van der Waals surface area (Å²) in [7, 11) is 1.32. The highest BCUT2D eigenvalue weighted by Crippen LogP contribution is 2.30. The number of benzene rings is 1. The highest BCUT2D eigenvalue weighted by Gasteiger charge is 2.14. The van der Waals surface area contributed by atoms with Gasteiger partial charge in [0.05, 0.1) is 7.11 Å². The lowest BCUT2D eigenvalue weighted by Gasteiger charge is -2.09. The van der Waals surface area contributed by atoms with Gasteiger partial charge in [0, 0.05) is 17.3 Å². The van der Waals surface area contributed by atoms with Crippen LogP contribution in [0.3, 0.4) is 0 Å². The molecule has 0 bridgehead atoms. The molecule has 0 aliphatic carbocycles. The molecule has 0 spiro atoms. The van der Waals surface area contributed by atoms with E-state index < -0.39 is 11.2 Å². The smallest absolute Gasteiger partial charge is 0.167 e. The van der Waals surface area contributed by atoms with Crippen LogP contribution < -0.4 is 10.5 Å². The Morgan fingerprint density at radius 2 is 2.29 bits per heavy atom. The summed E-state index contributed by atoms with van der Waals surface area (Å²) in [6, 6.07) is 2.39. The topological polar surface area (TPSA) is 52.3 Å². The van der Waals surface area contributed by atoms with Gasteiger partial charge in [-0.25, -0.2) is 4.39 Å². The Hall–Kier alpha value is -1.29. The van der Waals surface area contributed by atoms with Crippen LogP contribution in [-0.2, 0) is 4.79 Å². The number of anilines is 1. The summed E-state index contributed by atoms with van der Waals surface area (Å²) in [6.07, 6.45) is 0.518. The fourth-order valence-electron chi connectivity index (χ4n) is 1.05. The molecular formula is C9H9ClFNO2. The second kappa shape index (κ2) is 4.28. The third-order valence-electron chi connectivity index (χ3n) is 1.77. The van der Waals surface area contributed by atoms with E-state index in [-0.39, 0.29) is 11.4 Å². The van der Waals surface area contributed by atoms with Crippen LogP contribution in [0.4, 0.5) is 10.1 Å². The molecule has 0 saturated carbocycles. The number of ether oxygens (including phenoxy) is 1. The monoisotopic (exact) mass is 217 g/mol. The van der Waals surface area contributed by atoms with Crippen molar-refractivity contribution in [3.63, 3.8) is 0 Å². The van der Waals surface area contributed by atoms with Gasteiger partial charge in [0.2, 0.25) is 0 Å². The number of hydrogen-bond acceptors (Lipinski definition) is 3. The third kappa shape index (κ3) is 1.96. The maximum atomic E-state index is 13.1. The zero-order valence-electron chi connectivity index (χ0n) is 7.46. The number of carbonyl (C=O) groups excluding carboxylic acids is 1. The van der Waals surface area contributed by atoms with Crippen LogP contribution in [0.25, 0.3) is 0 Å². The van der Waals surface area contributed by atoms with Gasteiger partial charge in [0.1, 0.15) is 11.7 Å². The van der Waals surface area contributed by atoms with Gasteiger partial charge in [-0.05, 0) is 6.07 Å². The summed E-state index contributed by atoms with van der Waals surface area (Å²) >= 11 is 5.65. The predicted molar refractivity (Wildman–Crippen MR) is 52.0 cm³/mol. The van der Waals surface area contributed by atoms with E-state index in [2.05, 4.69) is 0 Å². The van der Waals surface area contributed by atoms with E-state index in [1.54, 1.807) is 0 Å². The number of nitrogens with two attached hydrogens (primary N) is 1. The fourth-order valence-corrected chi connectivity index (χ4v) is 1.24. The maximum Gasteiger partial charge on any atom is 0.167 e. The molecule has 0 saturated heterocycles. The van der Waals surface area contributed by atoms with Gasteiger partial charge in [-0.2, -0.15) is 0 Å². The zero-order chi connectivity index (χ0) is 10.7. The van der Waals surface area contributed by atoms with Crippen molar-refractivity contribution >= 4 is 23.6 Å². The second-order valence-electron chi connectivity index (χ2n) is 2.65. The van der Waals surface area contributed by atoms with Crippen LogP contribution in [0.2, 0.25) is 0 Å². The van der Waals surface area contributed by atoms with Crippen molar-refractivity contribution in [3.8, 4) is 5.75 Å². The fraction of sp³-hybridized carbons (Fsp3) is 0.222. The van der Waals surface area contributed by atoms with Crippen molar-refractivity contribution in [1.82, 2.24) is 0 Å². The van der Waals surface area contributed by atoms with Crippen LogP contribution in [0.15, 0.2) is 12.1 Å². The summed E-state index contributed by atoms with van der Waals surface area (Å²) < 4.78 is 17.8. The molecular weight excluding hydrogens is 209 g/mol. The largest absolute Gasteiger partial charge is 0.494 e. The molecule has 0 heterocycles. The summed E-state index contributed by atoms with van der Waals surface area (Å²) in [5.74, 6) is -0.565. The molecule has 14 heavy (non-hydrogen) atoms. The molecule has 0 aromatic heterocycles. The quantitative estimate of drug-likeness (QED) is 0.478. The zero-order valence-corrected chi connectivity index (χ0v) is 8.22. The molecule has 0 aliphatic heterocycles. The number of carbonyl (C=O) groups is 1. The first-order valence-corrected chi connectivity index (χ1v) is 4.26. The van der Waals surface area contributed by atoms with Gasteiger partial charge in [0.15, 0.2) is 11.6 Å². The van der Waals surface area contributed by atoms with E-state index in [1.165, 1.54) is 13.2 Å². The van der Waals surface area contributed by atoms with Gasteiger partial charge >= 0.3 is 0 Å². The predicted octanol–water partition coefficient (Wildman–Crippen LogP) is 1.90. The number of rotatable bonds is 3. The summed E-state index contributed by atoms with van der Waals surface area (Å²) in [5.41, 5.74) is 5.96. The molecule has 5 heteroatoms. The van der Waals surface area contributed by atoms with Crippen molar-refractivity contribution in [3.05, 3.63) is 23.5 Å². The Labute approximate surface area is 85.6 Å². The molecule has 1 atom stereocenters. The minimum Gasteiger partial charge on any atom is -0.494 e. The first-order chi connectivity index (χ1) is 6.60. The summed E-state index contributed by atoms with van der Waals surface area (Å²) in [5, 5.41) is -0.885. The molecule has 1 aromatic rings. The Balaban J connectivity index is 3.23. The minimum absolute atomic E-state index is 0.0155. The van der Waals surface area contributed by atoms with Gasteiger partial charge < -0.3 is 15.3 Å². The standard InChI is InChI=1S/C9H9ClFNO2/c1-14-9-2-5(6(10)4-13)8(12)3-7(9)11/h2-4,6H,12H2,1H3. The molecule has 0 aliphatic rings. The van der Waals surface area contributed by atoms with Crippen LogP contribution >= 0.6 is 11.6 Å². The van der Waals surface area contributed by atoms with E-state index in [1.807, 2.05) is 0 Å². The number of methoxy groups -OCH3 is 1. The highest BCUT2D eigenvalue weighted by atomic mass is 35.5. The number of hydrogen-bond donors (Lipinski definition) is 1. The Bertz CT molecular complexity index is 357. The van der Waals surface area contributed by atoms with Crippen LogP contribution in [0.5, 0.6) is 5.75 Å². The van der Waals surface area contributed by atoms with Crippen LogP contribution in [0.1, 0.15) is 10.9 Å². The van der Waals surface area contributed by atoms with Crippen molar-refractivity contribution in [2.75, 3.05) is 12.8 Å². The molecule has 76 valence electrons. The molecule has 1 rings (SSSR count). The molecule has 2 N–H and O–H groups in total. The lowest BCUT2D eigenvalue weighted by molar-refractivity contribution is -0.107. The second-order valence-corrected chi connectivity index (χ2v) is 3.12. The average Bonchev–Trinajstić information content (AvgIpc) is 2.17. The maximum absolute atomic E-state index is 13.1. The number of alkyl halides is 1. The highest BCUT2D eigenvalue weighted by molar-refractivity contribution is 6.28. The Morgan fingerprint density at radius 1 is 1.64 bits per heavy atom. The van der Waals surface area contributed by atoms with E-state index in [4.69, 9.17) is 22.1 Å². The SMILES string of the molecule is COc1cc(C(Cl)C=O)c(N)cc1F. The molecule has 3 nitrogen and oxygen atoms in total. The third-order valence-corrected chi connectivity index (χ3v) is 2.11. The first-order valence-electron chi connectivity index (χ1n) is 3.82. The van der Waals surface area contributed by atoms with Crippen molar-refractivity contribution < 1.29 is 13.9 Å². The van der Waals surface area contributed by atoms with Crippen LogP contribution in [0, 0.1) is 5.82 Å². The van der Waals surface area contributed by atoms with Gasteiger partial charge in [-0.3, -0.25) is 0 Å². The van der Waals surface area contributed by atoms with E-state index in [9.17, 15) is 9.18 Å². The number of halogens is 2. The van der Waals surface area contributed by atoms with E-state index in [0.29, 0.717) is 11.8 Å². The molecule has 0 radical (unpaired) electrons. The Morgan fingerprint density at radius 3 is 2.79 bits per heavy atom. The molecule has 1 aromatic carbocycles. The van der Waals surface area contributed by atoms with Crippen LogP contribution in [-0.4, -0.2) is 13.4 Å². The summed E-state index contributed by atoms with van der Waals surface area (Å²) in [4.78, 5) is 10.4. The molecule has 0 amide bonds. The van der Waals surface area contributed by atoms with Crippen molar-refractivity contribution in [1.29, 1.82) is 0 Å². The van der Waals surface area contributed by atoms with E-state index in [0.717, 1.165) is 6.07 Å². The van der Waals surface area contributed by atoms with Gasteiger partial charge in [-0.15, -0.1) is 11.6 Å². The van der Waals surface area contributed by atoms with Gasteiger partial charge in [-0.1, -0.05) is 0 Å². The lowest BCUT2D eigenvalue weighted by atomic mass is 10.1. The lowest BCUT2D eigenvalue weighted by Crippen LogP contribution is -2.01. The number of nitrogen functional groups attached to an aromatic ring is 1. The molecule has 1 unspecified atom stereocenters. The molecule has 0 fully saturated rings.